The molecule has 1 atom stereocenters. The highest BCUT2D eigenvalue weighted by Crippen LogP contribution is 2.33. The fourth-order valence-electron chi connectivity index (χ4n) is 4.25. The number of nitrogens with zero attached hydrogens (tertiary/aromatic N) is 5. The van der Waals surface area contributed by atoms with Crippen molar-refractivity contribution in [2.24, 2.45) is 0 Å². The van der Waals surface area contributed by atoms with E-state index in [0.717, 1.165) is 22.3 Å². The van der Waals surface area contributed by atoms with Gasteiger partial charge in [-0.1, -0.05) is 0 Å². The summed E-state index contributed by atoms with van der Waals surface area (Å²) in [5.41, 5.74) is 3.67. The number of hydrogen-bond acceptors (Lipinski definition) is 7. The van der Waals surface area contributed by atoms with Crippen LogP contribution in [0.3, 0.4) is 0 Å². The van der Waals surface area contributed by atoms with Crippen molar-refractivity contribution in [1.82, 2.24) is 19.9 Å². The quantitative estimate of drug-likeness (QED) is 0.501. The summed E-state index contributed by atoms with van der Waals surface area (Å²) < 4.78 is 14.2. The second-order valence-electron chi connectivity index (χ2n) is 8.37. The van der Waals surface area contributed by atoms with Crippen molar-refractivity contribution in [3.05, 3.63) is 59.8 Å². The molecule has 164 valence electrons. The number of benzene rings is 1. The number of fused-ring (bicyclic) bond motifs is 2. The maximum absolute atomic E-state index is 14.2. The summed E-state index contributed by atoms with van der Waals surface area (Å²) in [5.74, 6) is 1.19. The first kappa shape index (κ1) is 20.5. The molecular formula is C24H25FN6O. The van der Waals surface area contributed by atoms with Gasteiger partial charge in [-0.2, -0.15) is 0 Å². The van der Waals surface area contributed by atoms with Gasteiger partial charge in [-0.25, -0.2) is 19.3 Å². The first-order valence-electron chi connectivity index (χ1n) is 10.9. The highest BCUT2D eigenvalue weighted by atomic mass is 19.1. The van der Waals surface area contributed by atoms with E-state index in [1.165, 1.54) is 12.4 Å². The van der Waals surface area contributed by atoms with Gasteiger partial charge in [0, 0.05) is 36.3 Å². The zero-order valence-electron chi connectivity index (χ0n) is 18.1. The van der Waals surface area contributed by atoms with Crippen molar-refractivity contribution in [1.29, 1.82) is 0 Å². The van der Waals surface area contributed by atoms with Gasteiger partial charge in [0.05, 0.1) is 23.2 Å². The number of aliphatic hydroxyl groups excluding tert-OH is 1. The monoisotopic (exact) mass is 432 g/mol. The highest BCUT2D eigenvalue weighted by Gasteiger charge is 2.24. The number of aromatic nitrogens is 4. The molecule has 4 heterocycles. The third-order valence-corrected chi connectivity index (χ3v) is 6.08. The number of aliphatic hydroxyl groups is 1. The lowest BCUT2D eigenvalue weighted by molar-refractivity contribution is 0.145. The molecule has 32 heavy (non-hydrogen) atoms. The Labute approximate surface area is 185 Å². The SMILES string of the molecule is Cc1cc2cc([C@H](C)Nc3ncnc4cccnc34)c(N3CCC(O)CC3)nc2cc1F. The van der Waals surface area contributed by atoms with E-state index in [1.807, 2.05) is 18.2 Å². The normalized spacial score (nSPS) is 15.9. The lowest BCUT2D eigenvalue weighted by atomic mass is 10.0. The number of piperidine rings is 1. The van der Waals surface area contributed by atoms with Crippen molar-refractivity contribution < 1.29 is 9.50 Å². The molecule has 7 nitrogen and oxygen atoms in total. The summed E-state index contributed by atoms with van der Waals surface area (Å²) in [6.45, 7) is 5.21. The molecule has 0 amide bonds. The summed E-state index contributed by atoms with van der Waals surface area (Å²) >= 11 is 0. The zero-order chi connectivity index (χ0) is 22.2. The van der Waals surface area contributed by atoms with Crippen LogP contribution in [0.4, 0.5) is 16.0 Å². The third kappa shape index (κ3) is 3.82. The number of halogens is 1. The predicted molar refractivity (Wildman–Crippen MR) is 123 cm³/mol. The Morgan fingerprint density at radius 3 is 2.75 bits per heavy atom. The lowest BCUT2D eigenvalue weighted by Gasteiger charge is -2.33. The van der Waals surface area contributed by atoms with E-state index in [0.29, 0.717) is 48.3 Å². The van der Waals surface area contributed by atoms with Crippen LogP contribution in [-0.4, -0.2) is 44.2 Å². The van der Waals surface area contributed by atoms with Crippen LogP contribution in [0.2, 0.25) is 0 Å². The molecule has 8 heteroatoms. The van der Waals surface area contributed by atoms with Gasteiger partial charge in [-0.15, -0.1) is 0 Å². The minimum Gasteiger partial charge on any atom is -0.393 e. The van der Waals surface area contributed by atoms with E-state index < -0.39 is 0 Å². The van der Waals surface area contributed by atoms with Crippen LogP contribution >= 0.6 is 0 Å². The number of aryl methyl sites for hydroxylation is 1. The highest BCUT2D eigenvalue weighted by molar-refractivity contribution is 5.86. The van der Waals surface area contributed by atoms with Gasteiger partial charge in [0.2, 0.25) is 0 Å². The summed E-state index contributed by atoms with van der Waals surface area (Å²) in [4.78, 5) is 20.2. The molecule has 1 aliphatic rings. The smallest absolute Gasteiger partial charge is 0.156 e. The Bertz CT molecular complexity index is 1280. The van der Waals surface area contributed by atoms with Crippen LogP contribution in [0.15, 0.2) is 42.9 Å². The molecule has 1 fully saturated rings. The van der Waals surface area contributed by atoms with Gasteiger partial charge in [0.15, 0.2) is 5.82 Å². The number of rotatable bonds is 4. The average molecular weight is 433 g/mol. The van der Waals surface area contributed by atoms with E-state index in [2.05, 4.69) is 38.2 Å². The van der Waals surface area contributed by atoms with Crippen LogP contribution < -0.4 is 10.2 Å². The van der Waals surface area contributed by atoms with Crippen molar-refractivity contribution in [3.63, 3.8) is 0 Å². The zero-order valence-corrected chi connectivity index (χ0v) is 18.1. The van der Waals surface area contributed by atoms with E-state index in [9.17, 15) is 9.50 Å². The summed E-state index contributed by atoms with van der Waals surface area (Å²) in [6, 6.07) is 9.01. The Morgan fingerprint density at radius 2 is 1.94 bits per heavy atom. The number of pyridine rings is 2. The lowest BCUT2D eigenvalue weighted by Crippen LogP contribution is -2.37. The molecule has 0 radical (unpaired) electrons. The second kappa shape index (κ2) is 8.27. The predicted octanol–water partition coefficient (Wildman–Crippen LogP) is 4.15. The number of nitrogens with one attached hydrogen (secondary N) is 1. The van der Waals surface area contributed by atoms with Crippen LogP contribution in [0, 0.1) is 12.7 Å². The van der Waals surface area contributed by atoms with Crippen molar-refractivity contribution in [2.45, 2.75) is 38.8 Å². The first-order chi connectivity index (χ1) is 15.5. The Balaban J connectivity index is 1.58. The van der Waals surface area contributed by atoms with E-state index in [4.69, 9.17) is 4.98 Å². The van der Waals surface area contributed by atoms with Gasteiger partial charge >= 0.3 is 0 Å². The maximum atomic E-state index is 14.2. The van der Waals surface area contributed by atoms with Gasteiger partial charge in [0.25, 0.3) is 0 Å². The van der Waals surface area contributed by atoms with Crippen molar-refractivity contribution >= 4 is 33.6 Å². The minimum atomic E-state index is -0.288. The molecule has 0 bridgehead atoms. The van der Waals surface area contributed by atoms with Crippen LogP contribution in [0.25, 0.3) is 21.9 Å². The fraction of sp³-hybridized carbons (Fsp3) is 0.333. The molecule has 1 aliphatic heterocycles. The van der Waals surface area contributed by atoms with Crippen molar-refractivity contribution in [2.75, 3.05) is 23.3 Å². The van der Waals surface area contributed by atoms with Crippen LogP contribution in [0.5, 0.6) is 0 Å². The van der Waals surface area contributed by atoms with Gasteiger partial charge < -0.3 is 15.3 Å². The molecule has 4 aromatic rings. The summed E-state index contributed by atoms with van der Waals surface area (Å²) in [7, 11) is 0. The van der Waals surface area contributed by atoms with Gasteiger partial charge in [0.1, 0.15) is 23.5 Å². The fourth-order valence-corrected chi connectivity index (χ4v) is 4.25. The molecule has 0 unspecified atom stereocenters. The van der Waals surface area contributed by atoms with E-state index in [1.54, 1.807) is 13.1 Å². The largest absolute Gasteiger partial charge is 0.393 e. The van der Waals surface area contributed by atoms with Crippen molar-refractivity contribution in [3.8, 4) is 0 Å². The number of anilines is 2. The van der Waals surface area contributed by atoms with Crippen LogP contribution in [0.1, 0.15) is 36.9 Å². The van der Waals surface area contributed by atoms with Gasteiger partial charge in [-0.3, -0.25) is 4.98 Å². The Kier molecular flexibility index (Phi) is 5.30. The van der Waals surface area contributed by atoms with Crippen LogP contribution in [-0.2, 0) is 0 Å². The molecule has 1 saturated heterocycles. The molecule has 0 aliphatic carbocycles. The standard InChI is InChI=1S/C24H25FN6O/c1-14-10-16-11-18(15(2)29-23-22-20(27-13-28-23)4-3-7-26-22)24(30-21(16)12-19(14)25)31-8-5-17(32)6-9-31/h3-4,7,10-13,15,17,32H,5-6,8-9H2,1-2H3,(H,27,28,29)/t15-/m0/s1. The Morgan fingerprint density at radius 1 is 1.12 bits per heavy atom. The molecule has 3 aromatic heterocycles. The molecule has 0 saturated carbocycles. The third-order valence-electron chi connectivity index (χ3n) is 6.08. The minimum absolute atomic E-state index is 0.140. The Hall–Kier alpha value is -3.39. The molecular weight excluding hydrogens is 407 g/mol. The molecule has 5 rings (SSSR count). The number of hydrogen-bond donors (Lipinski definition) is 2. The van der Waals surface area contributed by atoms with E-state index in [-0.39, 0.29) is 18.0 Å². The van der Waals surface area contributed by atoms with E-state index >= 15 is 0 Å². The maximum Gasteiger partial charge on any atom is 0.156 e. The molecule has 0 spiro atoms. The molecule has 1 aromatic carbocycles. The second-order valence-corrected chi connectivity index (χ2v) is 8.37. The topological polar surface area (TPSA) is 87.1 Å². The summed E-state index contributed by atoms with van der Waals surface area (Å²) in [5, 5.41) is 14.3. The van der Waals surface area contributed by atoms with Gasteiger partial charge in [-0.05, 0) is 56.5 Å². The summed E-state index contributed by atoms with van der Waals surface area (Å²) in [6.07, 6.45) is 4.33. The molecule has 2 N–H and O–H groups in total. The first-order valence-corrected chi connectivity index (χ1v) is 10.9. The average Bonchev–Trinajstić information content (AvgIpc) is 2.80.